The summed E-state index contributed by atoms with van der Waals surface area (Å²) in [6.07, 6.45) is 3.71. The summed E-state index contributed by atoms with van der Waals surface area (Å²) in [5.41, 5.74) is 8.54. The zero-order valence-electron chi connectivity index (χ0n) is 17.8. The van der Waals surface area contributed by atoms with Crippen LogP contribution in [0, 0.1) is 13.8 Å². The Morgan fingerprint density at radius 1 is 0.903 bits per heavy atom. The van der Waals surface area contributed by atoms with Gasteiger partial charge in [-0.05, 0) is 36.6 Å². The van der Waals surface area contributed by atoms with Gasteiger partial charge in [0.15, 0.2) is 0 Å². The molecule has 0 radical (unpaired) electrons. The number of hydrogen-bond acceptors (Lipinski definition) is 0. The van der Waals surface area contributed by atoms with Crippen molar-refractivity contribution in [1.82, 2.24) is 4.57 Å². The Balaban J connectivity index is 0.000000298. The Bertz CT molecular complexity index is 1230. The van der Waals surface area contributed by atoms with E-state index >= 15 is 0 Å². The van der Waals surface area contributed by atoms with Gasteiger partial charge in [0.1, 0.15) is 0 Å². The van der Waals surface area contributed by atoms with Crippen LogP contribution in [0.5, 0.6) is 0 Å². The first-order valence-electron chi connectivity index (χ1n) is 10.2. The molecule has 0 saturated heterocycles. The van der Waals surface area contributed by atoms with E-state index in [1.54, 1.807) is 5.56 Å². The zero-order chi connectivity index (χ0) is 19.1. The summed E-state index contributed by atoms with van der Waals surface area (Å²) in [4.78, 5) is 0. The van der Waals surface area contributed by atoms with E-state index in [0.29, 0.717) is 0 Å². The monoisotopic (exact) mass is 481 g/mol. The minimum atomic E-state index is 0. The first kappa shape index (κ1) is 25.5. The fraction of sp³-hybridized carbons (Fsp3) is 0.185. The minimum Gasteiger partial charge on any atom is -1.00 e. The molecule has 31 heavy (non-hydrogen) atoms. The second-order valence-electron chi connectivity index (χ2n) is 7.87. The van der Waals surface area contributed by atoms with Crippen molar-refractivity contribution in [2.75, 3.05) is 0 Å². The topological polar surface area (TPSA) is 4.93 Å². The van der Waals surface area contributed by atoms with Gasteiger partial charge in [-0.1, -0.05) is 38.1 Å². The molecule has 1 nitrogen and oxygen atoms in total. The summed E-state index contributed by atoms with van der Waals surface area (Å²) in [6.45, 7) is 4.24. The molecule has 1 heterocycles. The molecule has 0 bridgehead atoms. The van der Waals surface area contributed by atoms with E-state index in [0.717, 1.165) is 0 Å². The fourth-order valence-corrected chi connectivity index (χ4v) is 4.49. The minimum absolute atomic E-state index is 0. The van der Waals surface area contributed by atoms with Gasteiger partial charge in [-0.15, -0.1) is 41.1 Å². The van der Waals surface area contributed by atoms with Crippen LogP contribution in [0.2, 0.25) is 0 Å². The van der Waals surface area contributed by atoms with Gasteiger partial charge in [0.2, 0.25) is 0 Å². The summed E-state index contributed by atoms with van der Waals surface area (Å²) in [5, 5.41) is 4.10. The molecule has 0 amide bonds. The van der Waals surface area contributed by atoms with Crippen LogP contribution < -0.4 is 24.8 Å². The average molecular weight is 482 g/mol. The van der Waals surface area contributed by atoms with E-state index in [2.05, 4.69) is 97.3 Å². The molecule has 0 fully saturated rings. The Labute approximate surface area is 211 Å². The molecule has 0 saturated carbocycles. The predicted molar refractivity (Wildman–Crippen MR) is 120 cm³/mol. The number of rotatable bonds is 1. The molecule has 0 N–H and O–H groups in total. The van der Waals surface area contributed by atoms with E-state index in [9.17, 15) is 0 Å². The first-order chi connectivity index (χ1) is 13.7. The quantitative estimate of drug-likeness (QED) is 0.249. The molecule has 1 aromatic heterocycles. The van der Waals surface area contributed by atoms with Gasteiger partial charge < -0.3 is 29.4 Å². The summed E-state index contributed by atoms with van der Waals surface area (Å²) in [7, 11) is 0. The van der Waals surface area contributed by atoms with Crippen LogP contribution in [0.25, 0.3) is 27.4 Å². The number of halogens is 2. The van der Waals surface area contributed by atoms with E-state index in [4.69, 9.17) is 0 Å². The molecule has 0 spiro atoms. The molecule has 1 aliphatic carbocycles. The number of aryl methyl sites for hydroxylation is 3. The van der Waals surface area contributed by atoms with Crippen LogP contribution in [-0.4, -0.2) is 4.57 Å². The van der Waals surface area contributed by atoms with Crippen molar-refractivity contribution in [3.63, 3.8) is 0 Å². The summed E-state index contributed by atoms with van der Waals surface area (Å²) in [5.74, 6) is 0. The molecule has 6 rings (SSSR count). The average Bonchev–Trinajstić information content (AvgIpc) is 3.47. The number of aromatic nitrogens is 1. The molecule has 4 heteroatoms. The van der Waals surface area contributed by atoms with Gasteiger partial charge in [0, 0.05) is 11.1 Å². The molecule has 1 aliphatic rings. The Morgan fingerprint density at radius 2 is 1.65 bits per heavy atom. The summed E-state index contributed by atoms with van der Waals surface area (Å²) >= 11 is 0. The first-order valence-corrected chi connectivity index (χ1v) is 10.2. The third-order valence-corrected chi connectivity index (χ3v) is 6.10. The smallest absolute Gasteiger partial charge is 1.00 e. The zero-order valence-corrected chi connectivity index (χ0v) is 20.9. The summed E-state index contributed by atoms with van der Waals surface area (Å²) < 4.78 is 2.48. The van der Waals surface area contributed by atoms with Crippen molar-refractivity contribution < 1.29 is 46.5 Å². The number of fused-ring (bicyclic) bond motifs is 4. The van der Waals surface area contributed by atoms with Crippen molar-refractivity contribution in [2.24, 2.45) is 0 Å². The molecular weight excluding hydrogens is 457 g/mol. The predicted octanol–water partition coefficient (Wildman–Crippen LogP) is 1.02. The Kier molecular flexibility index (Phi) is 8.80. The van der Waals surface area contributed by atoms with Crippen molar-refractivity contribution in [3.05, 3.63) is 101 Å². The van der Waals surface area contributed by atoms with Crippen molar-refractivity contribution in [2.45, 2.75) is 33.1 Å². The number of benzene rings is 2. The van der Waals surface area contributed by atoms with Crippen molar-refractivity contribution in [3.8, 4) is 5.69 Å². The molecule has 5 aromatic rings. The normalized spacial score (nSPS) is 11.7. The second kappa shape index (κ2) is 10.7. The van der Waals surface area contributed by atoms with Gasteiger partial charge >= 0.3 is 21.7 Å². The van der Waals surface area contributed by atoms with Crippen LogP contribution >= 0.6 is 0 Å². The van der Waals surface area contributed by atoms with Crippen molar-refractivity contribution >= 4 is 21.7 Å². The van der Waals surface area contributed by atoms with Gasteiger partial charge in [-0.25, -0.2) is 12.1 Å². The standard InChI is InChI=1S/C20H16N.C7H9.2ClH.Ti/c1-2-7-15-13-16(12-14(15)6-1)21-19-10-4-3-8-17(19)18-9-5-11-20(18)21;1-6-4-3-5-7(6)2;;;/h1-4,6-8,10,12-13H,5,9,11H2;3-5H,1-2H3;2*1H;/q2*-1;;;+4/p-2. The Hall–Kier alpha value is -1.77. The fourth-order valence-electron chi connectivity index (χ4n) is 4.49. The van der Waals surface area contributed by atoms with Crippen LogP contribution in [0.4, 0.5) is 0 Å². The third-order valence-electron chi connectivity index (χ3n) is 6.10. The van der Waals surface area contributed by atoms with E-state index in [1.165, 1.54) is 63.4 Å². The van der Waals surface area contributed by atoms with E-state index in [-0.39, 0.29) is 46.5 Å². The largest absolute Gasteiger partial charge is 4.00 e. The molecule has 0 aliphatic heterocycles. The number of hydrogen-bond donors (Lipinski definition) is 0. The maximum Gasteiger partial charge on any atom is 4.00 e. The number of para-hydroxylation sites is 1. The maximum atomic E-state index is 2.48. The molecule has 156 valence electrons. The number of nitrogens with zero attached hydrogens (tertiary/aromatic N) is 1. The van der Waals surface area contributed by atoms with Crippen LogP contribution in [0.1, 0.15) is 28.8 Å². The van der Waals surface area contributed by atoms with E-state index in [1.807, 2.05) is 0 Å². The van der Waals surface area contributed by atoms with Gasteiger partial charge in [-0.3, -0.25) is 0 Å². The van der Waals surface area contributed by atoms with Crippen LogP contribution in [0.15, 0.2) is 78.9 Å². The second-order valence-corrected chi connectivity index (χ2v) is 7.87. The van der Waals surface area contributed by atoms with Gasteiger partial charge in [0.05, 0.1) is 5.52 Å². The molecule has 0 atom stereocenters. The van der Waals surface area contributed by atoms with Crippen LogP contribution in [0.3, 0.4) is 0 Å². The van der Waals surface area contributed by atoms with Crippen molar-refractivity contribution in [1.29, 1.82) is 0 Å². The molecule has 4 aromatic carbocycles. The van der Waals surface area contributed by atoms with Crippen LogP contribution in [-0.2, 0) is 34.6 Å². The summed E-state index contributed by atoms with van der Waals surface area (Å²) in [6, 6.07) is 28.4. The van der Waals surface area contributed by atoms with E-state index < -0.39 is 0 Å². The molecular formula is C27H25Cl2NTi. The Morgan fingerprint density at radius 3 is 2.32 bits per heavy atom. The maximum absolute atomic E-state index is 2.48. The van der Waals surface area contributed by atoms with Gasteiger partial charge in [0.25, 0.3) is 0 Å². The van der Waals surface area contributed by atoms with Gasteiger partial charge in [-0.2, -0.15) is 17.2 Å². The SMILES string of the molecule is Cc1ccc[c-]1C.[Cl-].[Cl-].[Ti+4].c1ccc2[cH-]c(-n3c4c(c5ccccc53)CCC4)cc2c1. The third kappa shape index (κ3) is 4.71. The molecule has 0 unspecified atom stereocenters.